The summed E-state index contributed by atoms with van der Waals surface area (Å²) in [6.45, 7) is 0.316. The number of rotatable bonds is 9. The van der Waals surface area contributed by atoms with Gasteiger partial charge in [-0.05, 0) is 60.8 Å². The van der Waals surface area contributed by atoms with Gasteiger partial charge < -0.3 is 14.6 Å². The Labute approximate surface area is 187 Å². The number of nitrogens with one attached hydrogen (secondary N) is 2. The van der Waals surface area contributed by atoms with Crippen LogP contribution in [0.2, 0.25) is 0 Å². The van der Waals surface area contributed by atoms with Crippen molar-refractivity contribution in [2.45, 2.75) is 29.8 Å². The van der Waals surface area contributed by atoms with Crippen LogP contribution in [0, 0.1) is 5.82 Å². The first-order chi connectivity index (χ1) is 15.4. The van der Waals surface area contributed by atoms with E-state index >= 15 is 0 Å². The lowest BCUT2D eigenvalue weighted by atomic mass is 9.91. The third kappa shape index (κ3) is 5.01. The SMILES string of the molecule is CNC1Cc2ccc(OCCNS(=O)(=O)c3cn(C)cn3)cc2C1Cc1cccc(F)c1. The number of benzene rings is 2. The Morgan fingerprint density at radius 2 is 2.09 bits per heavy atom. The number of hydrogen-bond acceptors (Lipinski definition) is 5. The van der Waals surface area contributed by atoms with Crippen LogP contribution in [0.25, 0.3) is 0 Å². The molecule has 2 atom stereocenters. The van der Waals surface area contributed by atoms with E-state index in [1.54, 1.807) is 23.7 Å². The van der Waals surface area contributed by atoms with E-state index in [9.17, 15) is 12.8 Å². The number of nitrogens with zero attached hydrogens (tertiary/aromatic N) is 2. The average Bonchev–Trinajstić information content (AvgIpc) is 3.35. The van der Waals surface area contributed by atoms with Crippen molar-refractivity contribution in [1.82, 2.24) is 19.6 Å². The molecule has 7 nitrogen and oxygen atoms in total. The number of halogens is 1. The van der Waals surface area contributed by atoms with Crippen molar-refractivity contribution in [2.24, 2.45) is 7.05 Å². The number of aryl methyl sites for hydroxylation is 1. The minimum absolute atomic E-state index is 0.0178. The van der Waals surface area contributed by atoms with E-state index in [4.69, 9.17) is 4.74 Å². The largest absolute Gasteiger partial charge is 0.492 e. The summed E-state index contributed by atoms with van der Waals surface area (Å²) in [5, 5.41) is 3.36. The highest BCUT2D eigenvalue weighted by Crippen LogP contribution is 2.38. The summed E-state index contributed by atoms with van der Waals surface area (Å²) in [6, 6.07) is 13.0. The molecule has 4 rings (SSSR count). The fraction of sp³-hybridized carbons (Fsp3) is 0.348. The first-order valence-electron chi connectivity index (χ1n) is 10.5. The van der Waals surface area contributed by atoms with Gasteiger partial charge in [0.1, 0.15) is 18.2 Å². The molecule has 32 heavy (non-hydrogen) atoms. The van der Waals surface area contributed by atoms with Gasteiger partial charge in [-0.25, -0.2) is 22.5 Å². The van der Waals surface area contributed by atoms with Gasteiger partial charge in [-0.2, -0.15) is 0 Å². The van der Waals surface area contributed by atoms with Crippen molar-refractivity contribution >= 4 is 10.0 Å². The minimum Gasteiger partial charge on any atom is -0.492 e. The van der Waals surface area contributed by atoms with Crippen molar-refractivity contribution in [3.8, 4) is 5.75 Å². The molecule has 0 saturated heterocycles. The third-order valence-electron chi connectivity index (χ3n) is 5.78. The van der Waals surface area contributed by atoms with Crippen molar-refractivity contribution < 1.29 is 17.5 Å². The lowest BCUT2D eigenvalue weighted by Gasteiger charge is -2.20. The number of fused-ring (bicyclic) bond motifs is 1. The lowest BCUT2D eigenvalue weighted by molar-refractivity contribution is 0.322. The van der Waals surface area contributed by atoms with Gasteiger partial charge in [-0.1, -0.05) is 18.2 Å². The minimum atomic E-state index is -3.66. The van der Waals surface area contributed by atoms with E-state index in [0.29, 0.717) is 5.75 Å². The molecule has 2 aromatic carbocycles. The van der Waals surface area contributed by atoms with Gasteiger partial charge in [0.15, 0.2) is 5.03 Å². The predicted molar refractivity (Wildman–Crippen MR) is 120 cm³/mol. The zero-order valence-corrected chi connectivity index (χ0v) is 18.9. The second-order valence-electron chi connectivity index (χ2n) is 8.02. The number of likely N-dealkylation sites (N-methyl/N-ethyl adjacent to an activating group) is 1. The summed E-state index contributed by atoms with van der Waals surface area (Å²) < 4.78 is 48.0. The highest BCUT2D eigenvalue weighted by atomic mass is 32.2. The molecule has 1 aromatic heterocycles. The summed E-state index contributed by atoms with van der Waals surface area (Å²) in [4.78, 5) is 3.87. The molecule has 2 N–H and O–H groups in total. The van der Waals surface area contributed by atoms with Crippen molar-refractivity contribution in [3.05, 3.63) is 77.5 Å². The summed E-state index contributed by atoms with van der Waals surface area (Å²) in [5.74, 6) is 0.650. The molecule has 1 heterocycles. The standard InChI is InChI=1S/C23H27FN4O3S/c1-25-22-12-17-6-7-19(13-20(17)21(22)11-16-4-3-5-18(24)10-16)31-9-8-27-32(29,30)23-14-28(2)15-26-23/h3-7,10,13-15,21-22,25,27H,8-9,11-12H2,1-2H3. The Morgan fingerprint density at radius 3 is 2.81 bits per heavy atom. The molecule has 0 aliphatic heterocycles. The molecule has 0 spiro atoms. The number of hydrogen-bond donors (Lipinski definition) is 2. The van der Waals surface area contributed by atoms with Crippen LogP contribution in [0.3, 0.4) is 0 Å². The Bertz CT molecular complexity index is 1200. The molecular formula is C23H27FN4O3S. The second-order valence-corrected chi connectivity index (χ2v) is 9.74. The second kappa shape index (κ2) is 9.40. The Kier molecular flexibility index (Phi) is 6.59. The van der Waals surface area contributed by atoms with Gasteiger partial charge in [0, 0.05) is 31.7 Å². The molecular weight excluding hydrogens is 431 g/mol. The first-order valence-corrected chi connectivity index (χ1v) is 12.0. The summed E-state index contributed by atoms with van der Waals surface area (Å²) in [6.07, 6.45) is 4.51. The maximum absolute atomic E-state index is 13.7. The maximum Gasteiger partial charge on any atom is 0.259 e. The van der Waals surface area contributed by atoms with Crippen LogP contribution in [0.1, 0.15) is 22.6 Å². The molecule has 170 valence electrons. The fourth-order valence-corrected chi connectivity index (χ4v) is 5.20. The smallest absolute Gasteiger partial charge is 0.259 e. The number of imidazole rings is 1. The van der Waals surface area contributed by atoms with Crippen LogP contribution in [0.15, 0.2) is 60.0 Å². The molecule has 1 aliphatic rings. The maximum atomic E-state index is 13.7. The Hall–Kier alpha value is -2.75. The van der Waals surface area contributed by atoms with Crippen molar-refractivity contribution in [3.63, 3.8) is 0 Å². The van der Waals surface area contributed by atoms with Crippen LogP contribution in [0.4, 0.5) is 4.39 Å². The van der Waals surface area contributed by atoms with Gasteiger partial charge in [-0.15, -0.1) is 0 Å². The third-order valence-corrected chi connectivity index (χ3v) is 7.12. The van der Waals surface area contributed by atoms with Crippen molar-refractivity contribution in [1.29, 1.82) is 0 Å². The van der Waals surface area contributed by atoms with Crippen LogP contribution >= 0.6 is 0 Å². The normalized spacial score (nSPS) is 18.0. The van der Waals surface area contributed by atoms with Crippen LogP contribution in [-0.2, 0) is 29.9 Å². The molecule has 0 amide bonds. The average molecular weight is 459 g/mol. The Balaban J connectivity index is 1.40. The molecule has 0 saturated carbocycles. The molecule has 0 fully saturated rings. The van der Waals surface area contributed by atoms with Gasteiger partial charge in [0.05, 0.1) is 6.33 Å². The summed E-state index contributed by atoms with van der Waals surface area (Å²) >= 11 is 0. The van der Waals surface area contributed by atoms with E-state index in [-0.39, 0.29) is 36.0 Å². The van der Waals surface area contributed by atoms with Gasteiger partial charge in [0.25, 0.3) is 10.0 Å². The fourth-order valence-electron chi connectivity index (χ4n) is 4.21. The van der Waals surface area contributed by atoms with E-state index in [1.165, 1.54) is 29.7 Å². The van der Waals surface area contributed by atoms with Crippen LogP contribution in [0.5, 0.6) is 5.75 Å². The van der Waals surface area contributed by atoms with Crippen LogP contribution in [-0.4, -0.2) is 44.2 Å². The van der Waals surface area contributed by atoms with E-state index < -0.39 is 10.0 Å². The predicted octanol–water partition coefficient (Wildman–Crippen LogP) is 2.39. The monoisotopic (exact) mass is 458 g/mol. The van der Waals surface area contributed by atoms with Crippen LogP contribution < -0.4 is 14.8 Å². The number of ether oxygens (including phenoxy) is 1. The lowest BCUT2D eigenvalue weighted by Crippen LogP contribution is -2.30. The zero-order valence-electron chi connectivity index (χ0n) is 18.1. The molecule has 2 unspecified atom stereocenters. The summed E-state index contributed by atoms with van der Waals surface area (Å²) in [7, 11) is -0.00570. The quantitative estimate of drug-likeness (QED) is 0.481. The zero-order chi connectivity index (χ0) is 22.7. The molecule has 9 heteroatoms. The van der Waals surface area contributed by atoms with Gasteiger partial charge >= 0.3 is 0 Å². The highest BCUT2D eigenvalue weighted by Gasteiger charge is 2.32. The Morgan fingerprint density at radius 1 is 1.25 bits per heavy atom. The van der Waals surface area contributed by atoms with Crippen molar-refractivity contribution in [2.75, 3.05) is 20.2 Å². The molecule has 0 bridgehead atoms. The summed E-state index contributed by atoms with van der Waals surface area (Å²) in [5.41, 5.74) is 3.38. The first kappa shape index (κ1) is 22.4. The van der Waals surface area contributed by atoms with E-state index in [1.807, 2.05) is 25.2 Å². The van der Waals surface area contributed by atoms with E-state index in [0.717, 1.165) is 18.4 Å². The number of sulfonamides is 1. The van der Waals surface area contributed by atoms with Gasteiger partial charge in [-0.3, -0.25) is 0 Å². The number of aromatic nitrogens is 2. The molecule has 0 radical (unpaired) electrons. The van der Waals surface area contributed by atoms with Gasteiger partial charge in [0.2, 0.25) is 0 Å². The highest BCUT2D eigenvalue weighted by molar-refractivity contribution is 7.89. The molecule has 3 aromatic rings. The topological polar surface area (TPSA) is 85.3 Å². The molecule has 1 aliphatic carbocycles. The van der Waals surface area contributed by atoms with E-state index in [2.05, 4.69) is 21.1 Å².